The monoisotopic (exact) mass is 259 g/mol. The Balaban J connectivity index is 2.12. The molecule has 0 saturated heterocycles. The van der Waals surface area contributed by atoms with Gasteiger partial charge in [0.25, 0.3) is 5.91 Å². The van der Waals surface area contributed by atoms with Gasteiger partial charge in [0.1, 0.15) is 5.76 Å². The van der Waals surface area contributed by atoms with E-state index in [0.717, 1.165) is 0 Å². The van der Waals surface area contributed by atoms with Crippen LogP contribution in [0.15, 0.2) is 53.1 Å². The number of nitrogens with one attached hydrogen (secondary N) is 1. The molecule has 5 nitrogen and oxygen atoms in total. The third-order valence-electron chi connectivity index (χ3n) is 2.61. The fraction of sp³-hybridized carbons (Fsp3) is 0.143. The van der Waals surface area contributed by atoms with Gasteiger partial charge >= 0.3 is 5.97 Å². The number of carboxylic acids is 1. The topological polar surface area (TPSA) is 79.5 Å². The maximum absolute atomic E-state index is 12.0. The number of benzene rings is 1. The lowest BCUT2D eigenvalue weighted by atomic mass is 10.1. The van der Waals surface area contributed by atoms with E-state index in [1.54, 1.807) is 42.5 Å². The van der Waals surface area contributed by atoms with Crippen LogP contribution in [0.2, 0.25) is 0 Å². The van der Waals surface area contributed by atoms with Crippen LogP contribution >= 0.6 is 0 Å². The van der Waals surface area contributed by atoms with Crippen LogP contribution in [0.4, 0.5) is 0 Å². The van der Waals surface area contributed by atoms with Crippen molar-refractivity contribution in [2.75, 3.05) is 0 Å². The van der Waals surface area contributed by atoms with Gasteiger partial charge in [-0.3, -0.25) is 9.59 Å². The van der Waals surface area contributed by atoms with Crippen molar-refractivity contribution < 1.29 is 19.1 Å². The van der Waals surface area contributed by atoms with E-state index in [9.17, 15) is 9.59 Å². The maximum atomic E-state index is 12.0. The first-order chi connectivity index (χ1) is 9.16. The molecule has 0 aliphatic rings. The van der Waals surface area contributed by atoms with Gasteiger partial charge in [0.15, 0.2) is 0 Å². The lowest BCUT2D eigenvalue weighted by molar-refractivity contribution is -0.137. The van der Waals surface area contributed by atoms with E-state index in [4.69, 9.17) is 9.52 Å². The van der Waals surface area contributed by atoms with Crippen molar-refractivity contribution >= 4 is 11.9 Å². The fourth-order valence-electron chi connectivity index (χ4n) is 1.72. The summed E-state index contributed by atoms with van der Waals surface area (Å²) in [6, 6.07) is 11.2. The van der Waals surface area contributed by atoms with Crippen LogP contribution in [-0.2, 0) is 4.79 Å². The molecule has 1 atom stereocenters. The average Bonchev–Trinajstić information content (AvgIpc) is 2.92. The number of amides is 1. The summed E-state index contributed by atoms with van der Waals surface area (Å²) in [5.74, 6) is -0.912. The molecule has 0 aliphatic carbocycles. The van der Waals surface area contributed by atoms with Gasteiger partial charge in [0.2, 0.25) is 0 Å². The second kappa shape index (κ2) is 5.86. The average molecular weight is 259 g/mol. The molecule has 0 spiro atoms. The van der Waals surface area contributed by atoms with Gasteiger partial charge in [0.05, 0.1) is 18.7 Å². The largest absolute Gasteiger partial charge is 0.481 e. The quantitative estimate of drug-likeness (QED) is 0.862. The predicted molar refractivity (Wildman–Crippen MR) is 67.6 cm³/mol. The van der Waals surface area contributed by atoms with E-state index in [2.05, 4.69) is 5.32 Å². The van der Waals surface area contributed by atoms with Crippen LogP contribution in [0.3, 0.4) is 0 Å². The molecule has 19 heavy (non-hydrogen) atoms. The van der Waals surface area contributed by atoms with Gasteiger partial charge in [-0.15, -0.1) is 0 Å². The van der Waals surface area contributed by atoms with Crippen molar-refractivity contribution in [1.29, 1.82) is 0 Å². The summed E-state index contributed by atoms with van der Waals surface area (Å²) in [5, 5.41) is 11.5. The molecule has 5 heteroatoms. The van der Waals surface area contributed by atoms with Crippen LogP contribution in [0.25, 0.3) is 0 Å². The molecule has 1 heterocycles. The number of rotatable bonds is 5. The van der Waals surface area contributed by atoms with Crippen LogP contribution in [0, 0.1) is 0 Å². The van der Waals surface area contributed by atoms with Crippen molar-refractivity contribution in [3.05, 3.63) is 60.1 Å². The number of hydrogen-bond donors (Lipinski definition) is 2. The molecule has 2 aromatic rings. The van der Waals surface area contributed by atoms with E-state index in [1.807, 2.05) is 0 Å². The molecule has 0 unspecified atom stereocenters. The zero-order valence-electron chi connectivity index (χ0n) is 10.1. The summed E-state index contributed by atoms with van der Waals surface area (Å²) in [7, 11) is 0. The lowest BCUT2D eigenvalue weighted by Crippen LogP contribution is -2.29. The van der Waals surface area contributed by atoms with Gasteiger partial charge in [-0.25, -0.2) is 0 Å². The minimum atomic E-state index is -1.00. The summed E-state index contributed by atoms with van der Waals surface area (Å²) in [6.45, 7) is 0. The molecule has 0 aliphatic heterocycles. The minimum absolute atomic E-state index is 0.230. The second-order valence-corrected chi connectivity index (χ2v) is 4.01. The van der Waals surface area contributed by atoms with Gasteiger partial charge in [-0.05, 0) is 24.3 Å². The Labute approximate surface area is 109 Å². The number of hydrogen-bond acceptors (Lipinski definition) is 3. The van der Waals surface area contributed by atoms with Crippen molar-refractivity contribution in [2.45, 2.75) is 12.5 Å². The summed E-state index contributed by atoms with van der Waals surface area (Å²) >= 11 is 0. The maximum Gasteiger partial charge on any atom is 0.305 e. The predicted octanol–water partition coefficient (Wildman–Crippen LogP) is 2.23. The molecular weight excluding hydrogens is 246 g/mol. The first-order valence-corrected chi connectivity index (χ1v) is 5.78. The van der Waals surface area contributed by atoms with E-state index < -0.39 is 12.0 Å². The number of carbonyl (C=O) groups is 2. The first-order valence-electron chi connectivity index (χ1n) is 5.78. The minimum Gasteiger partial charge on any atom is -0.481 e. The molecule has 2 N–H and O–H groups in total. The summed E-state index contributed by atoms with van der Waals surface area (Å²) in [5.41, 5.74) is 0.476. The molecule has 98 valence electrons. The normalized spacial score (nSPS) is 11.8. The Kier molecular flexibility index (Phi) is 3.97. The Hall–Kier alpha value is -2.56. The van der Waals surface area contributed by atoms with Gasteiger partial charge in [0, 0.05) is 5.56 Å². The van der Waals surface area contributed by atoms with Gasteiger partial charge in [-0.2, -0.15) is 0 Å². The van der Waals surface area contributed by atoms with E-state index in [1.165, 1.54) is 6.26 Å². The molecule has 1 aromatic carbocycles. The molecule has 0 fully saturated rings. The van der Waals surface area contributed by atoms with Crippen molar-refractivity contribution in [3.8, 4) is 0 Å². The zero-order chi connectivity index (χ0) is 13.7. The van der Waals surface area contributed by atoms with Crippen LogP contribution < -0.4 is 5.32 Å². The molecular formula is C14H13NO4. The van der Waals surface area contributed by atoms with Crippen LogP contribution in [0.5, 0.6) is 0 Å². The summed E-state index contributed by atoms with van der Waals surface area (Å²) < 4.78 is 5.16. The third-order valence-corrected chi connectivity index (χ3v) is 2.61. The number of carbonyl (C=O) groups excluding carboxylic acids is 1. The van der Waals surface area contributed by atoms with E-state index >= 15 is 0 Å². The Morgan fingerprint density at radius 1 is 1.16 bits per heavy atom. The standard InChI is InChI=1S/C14H13NO4/c16-13(17)9-11(12-7-4-8-19-12)15-14(18)10-5-2-1-3-6-10/h1-8,11H,9H2,(H,15,18)(H,16,17)/t11-/m0/s1. The molecule has 1 aromatic heterocycles. The highest BCUT2D eigenvalue weighted by Crippen LogP contribution is 2.18. The van der Waals surface area contributed by atoms with Gasteiger partial charge < -0.3 is 14.8 Å². The SMILES string of the molecule is O=C(O)C[C@H](NC(=O)c1ccccc1)c1ccco1. The van der Waals surface area contributed by atoms with Crippen molar-refractivity contribution in [3.63, 3.8) is 0 Å². The lowest BCUT2D eigenvalue weighted by Gasteiger charge is -2.14. The first kappa shape index (κ1) is 12.9. The summed E-state index contributed by atoms with van der Waals surface area (Å²) in [4.78, 5) is 22.8. The number of carboxylic acid groups (broad SMARTS) is 1. The second-order valence-electron chi connectivity index (χ2n) is 4.01. The Morgan fingerprint density at radius 2 is 1.89 bits per heavy atom. The highest BCUT2D eigenvalue weighted by molar-refractivity contribution is 5.94. The Bertz CT molecular complexity index is 548. The Morgan fingerprint density at radius 3 is 2.47 bits per heavy atom. The molecule has 2 rings (SSSR count). The van der Waals surface area contributed by atoms with Crippen molar-refractivity contribution in [1.82, 2.24) is 5.32 Å². The molecule has 1 amide bonds. The molecule has 0 bridgehead atoms. The molecule has 0 radical (unpaired) electrons. The number of furan rings is 1. The van der Waals surface area contributed by atoms with Crippen molar-refractivity contribution in [2.24, 2.45) is 0 Å². The van der Waals surface area contributed by atoms with Gasteiger partial charge in [-0.1, -0.05) is 18.2 Å². The zero-order valence-corrected chi connectivity index (χ0v) is 10.1. The highest BCUT2D eigenvalue weighted by atomic mass is 16.4. The summed E-state index contributed by atoms with van der Waals surface area (Å²) in [6.07, 6.45) is 1.21. The third kappa shape index (κ3) is 3.45. The van der Waals surface area contributed by atoms with E-state index in [0.29, 0.717) is 11.3 Å². The molecule has 0 saturated carbocycles. The smallest absolute Gasteiger partial charge is 0.305 e. The fourth-order valence-corrected chi connectivity index (χ4v) is 1.72. The van der Waals surface area contributed by atoms with Crippen LogP contribution in [-0.4, -0.2) is 17.0 Å². The van der Waals surface area contributed by atoms with Crippen LogP contribution in [0.1, 0.15) is 28.6 Å². The highest BCUT2D eigenvalue weighted by Gasteiger charge is 2.20. The van der Waals surface area contributed by atoms with E-state index in [-0.39, 0.29) is 12.3 Å². The number of aliphatic carboxylic acids is 1.